The minimum atomic E-state index is -3.58. The Bertz CT molecular complexity index is 768. The van der Waals surface area contributed by atoms with Crippen LogP contribution in [-0.2, 0) is 10.0 Å². The fourth-order valence-electron chi connectivity index (χ4n) is 2.69. The van der Waals surface area contributed by atoms with Gasteiger partial charge < -0.3 is 4.74 Å². The minimum absolute atomic E-state index is 0.239. The number of ether oxygens (including phenoxy) is 1. The highest BCUT2D eigenvalue weighted by molar-refractivity contribution is 7.89. The van der Waals surface area contributed by atoms with Gasteiger partial charge in [-0.15, -0.1) is 0 Å². The monoisotopic (exact) mass is 361 g/mol. The van der Waals surface area contributed by atoms with Gasteiger partial charge in [-0.2, -0.15) is 0 Å². The average molecular weight is 362 g/mol. The van der Waals surface area contributed by atoms with Gasteiger partial charge in [0.1, 0.15) is 5.75 Å². The molecule has 0 aliphatic heterocycles. The molecular formula is C20H27NO3S. The lowest BCUT2D eigenvalue weighted by Crippen LogP contribution is -2.28. The molecule has 0 heterocycles. The number of benzene rings is 2. The normalized spacial score (nSPS) is 14.1. The Morgan fingerprint density at radius 3 is 1.96 bits per heavy atom. The van der Waals surface area contributed by atoms with Gasteiger partial charge in [0.25, 0.3) is 0 Å². The van der Waals surface area contributed by atoms with Crippen molar-refractivity contribution in [2.24, 2.45) is 0 Å². The lowest BCUT2D eigenvalue weighted by atomic mass is 9.96. The zero-order valence-electron chi connectivity index (χ0n) is 15.3. The van der Waals surface area contributed by atoms with Crippen LogP contribution in [0.5, 0.6) is 5.75 Å². The Hall–Kier alpha value is -1.85. The molecule has 0 fully saturated rings. The number of methoxy groups -OCH3 is 1. The highest BCUT2D eigenvalue weighted by Gasteiger charge is 2.20. The molecule has 4 nitrogen and oxygen atoms in total. The van der Waals surface area contributed by atoms with Gasteiger partial charge >= 0.3 is 0 Å². The summed E-state index contributed by atoms with van der Waals surface area (Å²) in [6.07, 6.45) is 1.76. The first-order valence-corrected chi connectivity index (χ1v) is 10.2. The van der Waals surface area contributed by atoms with Crippen molar-refractivity contribution in [1.29, 1.82) is 0 Å². The molecule has 0 spiro atoms. The van der Waals surface area contributed by atoms with E-state index in [-0.39, 0.29) is 10.9 Å². The van der Waals surface area contributed by atoms with Crippen molar-refractivity contribution >= 4 is 10.0 Å². The van der Waals surface area contributed by atoms with Gasteiger partial charge in [-0.05, 0) is 54.2 Å². The van der Waals surface area contributed by atoms with Crippen LogP contribution in [0.2, 0.25) is 0 Å². The van der Waals surface area contributed by atoms with Crippen LogP contribution < -0.4 is 9.46 Å². The van der Waals surface area contributed by atoms with E-state index < -0.39 is 10.0 Å². The maximum Gasteiger partial charge on any atom is 0.241 e. The van der Waals surface area contributed by atoms with Crippen LogP contribution in [0, 0.1) is 0 Å². The van der Waals surface area contributed by atoms with E-state index in [4.69, 9.17) is 4.74 Å². The van der Waals surface area contributed by atoms with E-state index in [0.29, 0.717) is 18.1 Å². The SMILES string of the molecule is CCC(C)c1ccc(C(CC)NS(=O)(=O)c2ccc(OC)cc2)cc1. The summed E-state index contributed by atoms with van der Waals surface area (Å²) in [6, 6.07) is 14.4. The second-order valence-corrected chi connectivity index (χ2v) is 7.95. The Balaban J connectivity index is 2.19. The number of hydrogen-bond acceptors (Lipinski definition) is 3. The maximum atomic E-state index is 12.6. The largest absolute Gasteiger partial charge is 0.497 e. The summed E-state index contributed by atoms with van der Waals surface area (Å²) in [4.78, 5) is 0.239. The molecule has 5 heteroatoms. The zero-order valence-corrected chi connectivity index (χ0v) is 16.1. The van der Waals surface area contributed by atoms with Crippen molar-refractivity contribution in [2.75, 3.05) is 7.11 Å². The highest BCUT2D eigenvalue weighted by Crippen LogP contribution is 2.24. The minimum Gasteiger partial charge on any atom is -0.497 e. The van der Waals surface area contributed by atoms with E-state index in [1.54, 1.807) is 31.4 Å². The first-order valence-electron chi connectivity index (χ1n) is 8.67. The van der Waals surface area contributed by atoms with Gasteiger partial charge in [0, 0.05) is 6.04 Å². The summed E-state index contributed by atoms with van der Waals surface area (Å²) < 4.78 is 33.2. The second-order valence-electron chi connectivity index (χ2n) is 6.23. The third-order valence-corrected chi connectivity index (χ3v) is 6.08. The van der Waals surface area contributed by atoms with Crippen LogP contribution in [0.15, 0.2) is 53.4 Å². The van der Waals surface area contributed by atoms with Gasteiger partial charge in [-0.1, -0.05) is 45.0 Å². The number of hydrogen-bond donors (Lipinski definition) is 1. The van der Waals surface area contributed by atoms with E-state index >= 15 is 0 Å². The first kappa shape index (κ1) is 19.5. The molecule has 2 rings (SSSR count). The van der Waals surface area contributed by atoms with Gasteiger partial charge in [-0.25, -0.2) is 13.1 Å². The number of rotatable bonds is 8. The fraction of sp³-hybridized carbons (Fsp3) is 0.400. The summed E-state index contributed by atoms with van der Waals surface area (Å²) in [7, 11) is -2.03. The van der Waals surface area contributed by atoms with E-state index in [9.17, 15) is 8.42 Å². The van der Waals surface area contributed by atoms with Crippen molar-refractivity contribution in [3.05, 3.63) is 59.7 Å². The van der Waals surface area contributed by atoms with Crippen LogP contribution in [0.4, 0.5) is 0 Å². The van der Waals surface area contributed by atoms with Gasteiger partial charge in [-0.3, -0.25) is 0 Å². The Labute approximate surface area is 151 Å². The molecule has 25 heavy (non-hydrogen) atoms. The Kier molecular flexibility index (Phi) is 6.62. The highest BCUT2D eigenvalue weighted by atomic mass is 32.2. The molecule has 0 saturated heterocycles. The summed E-state index contributed by atoms with van der Waals surface area (Å²) in [6.45, 7) is 6.33. The molecule has 0 aliphatic rings. The summed E-state index contributed by atoms with van der Waals surface area (Å²) in [5.41, 5.74) is 2.26. The number of sulfonamides is 1. The quantitative estimate of drug-likeness (QED) is 0.745. The molecule has 2 aromatic rings. The molecule has 2 atom stereocenters. The zero-order chi connectivity index (χ0) is 18.4. The molecule has 2 unspecified atom stereocenters. The maximum absolute atomic E-state index is 12.6. The van der Waals surface area contributed by atoms with Crippen molar-refractivity contribution in [1.82, 2.24) is 4.72 Å². The molecule has 2 aromatic carbocycles. The van der Waals surface area contributed by atoms with E-state index in [1.807, 2.05) is 19.1 Å². The van der Waals surface area contributed by atoms with Gasteiger partial charge in [0.15, 0.2) is 0 Å². The lowest BCUT2D eigenvalue weighted by Gasteiger charge is -2.19. The van der Waals surface area contributed by atoms with Crippen molar-refractivity contribution < 1.29 is 13.2 Å². The topological polar surface area (TPSA) is 55.4 Å². The van der Waals surface area contributed by atoms with Crippen molar-refractivity contribution in [3.8, 4) is 5.75 Å². The van der Waals surface area contributed by atoms with Crippen LogP contribution >= 0.6 is 0 Å². The van der Waals surface area contributed by atoms with E-state index in [0.717, 1.165) is 12.0 Å². The smallest absolute Gasteiger partial charge is 0.241 e. The van der Waals surface area contributed by atoms with Gasteiger partial charge in [0.2, 0.25) is 10.0 Å². The summed E-state index contributed by atoms with van der Waals surface area (Å²) in [5, 5.41) is 0. The molecule has 0 bridgehead atoms. The molecule has 0 radical (unpaired) electrons. The summed E-state index contributed by atoms with van der Waals surface area (Å²) >= 11 is 0. The van der Waals surface area contributed by atoms with Crippen molar-refractivity contribution in [2.45, 2.75) is 50.5 Å². The van der Waals surface area contributed by atoms with Crippen LogP contribution in [-0.4, -0.2) is 15.5 Å². The molecule has 0 aliphatic carbocycles. The van der Waals surface area contributed by atoms with E-state index in [2.05, 4.69) is 30.7 Å². The van der Waals surface area contributed by atoms with Gasteiger partial charge in [0.05, 0.1) is 12.0 Å². The third kappa shape index (κ3) is 4.83. The van der Waals surface area contributed by atoms with Crippen LogP contribution in [0.25, 0.3) is 0 Å². The predicted octanol–water partition coefficient (Wildman–Crippen LogP) is 4.64. The average Bonchev–Trinajstić information content (AvgIpc) is 2.65. The molecule has 136 valence electrons. The molecular weight excluding hydrogens is 334 g/mol. The summed E-state index contributed by atoms with van der Waals surface area (Å²) in [5.74, 6) is 1.14. The fourth-order valence-corrected chi connectivity index (χ4v) is 4.00. The molecule has 0 amide bonds. The second kappa shape index (κ2) is 8.50. The third-order valence-electron chi connectivity index (χ3n) is 4.60. The first-order chi connectivity index (χ1) is 11.9. The van der Waals surface area contributed by atoms with Crippen LogP contribution in [0.1, 0.15) is 56.7 Å². The van der Waals surface area contributed by atoms with Crippen LogP contribution in [0.3, 0.4) is 0 Å². The molecule has 0 aromatic heterocycles. The van der Waals surface area contributed by atoms with Crippen molar-refractivity contribution in [3.63, 3.8) is 0 Å². The molecule has 1 N–H and O–H groups in total. The number of nitrogens with one attached hydrogen (secondary N) is 1. The lowest BCUT2D eigenvalue weighted by molar-refractivity contribution is 0.414. The van der Waals surface area contributed by atoms with E-state index in [1.165, 1.54) is 5.56 Å². The Morgan fingerprint density at radius 1 is 0.920 bits per heavy atom. The Morgan fingerprint density at radius 2 is 1.48 bits per heavy atom. The standard InChI is InChI=1S/C20H27NO3S/c1-5-15(3)16-7-9-17(10-8-16)20(6-2)21-25(22,23)19-13-11-18(24-4)12-14-19/h7-15,20-21H,5-6H2,1-4H3. The molecule has 0 saturated carbocycles. The predicted molar refractivity (Wildman–Crippen MR) is 101 cm³/mol.